The molecule has 88 valence electrons. The first-order valence-corrected chi connectivity index (χ1v) is 8.16. The first-order valence-electron chi connectivity index (χ1n) is 4.99. The van der Waals surface area contributed by atoms with E-state index in [-0.39, 0.29) is 11.6 Å². The van der Waals surface area contributed by atoms with E-state index in [0.29, 0.717) is 25.7 Å². The molecule has 2 nitrogen and oxygen atoms in total. The summed E-state index contributed by atoms with van der Waals surface area (Å²) in [5.74, 6) is 0.385. The van der Waals surface area contributed by atoms with Gasteiger partial charge in [-0.1, -0.05) is 63.7 Å². The van der Waals surface area contributed by atoms with Gasteiger partial charge in [0.25, 0.3) is 0 Å². The molecule has 0 unspecified atom stereocenters. The highest BCUT2D eigenvalue weighted by molar-refractivity contribution is 9.12. The van der Waals surface area contributed by atoms with Gasteiger partial charge in [-0.2, -0.15) is 0 Å². The van der Waals surface area contributed by atoms with Crippen molar-refractivity contribution in [3.63, 3.8) is 0 Å². The van der Waals surface area contributed by atoms with Gasteiger partial charge in [-0.25, -0.2) is 0 Å². The minimum absolute atomic E-state index is 0.192. The van der Waals surface area contributed by atoms with Crippen LogP contribution >= 0.6 is 63.7 Å². The molecule has 0 aromatic carbocycles. The Morgan fingerprint density at radius 3 is 1.00 bits per heavy atom. The summed E-state index contributed by atoms with van der Waals surface area (Å²) in [7, 11) is 0. The largest absolute Gasteiger partial charge is 0.297 e. The van der Waals surface area contributed by atoms with Gasteiger partial charge < -0.3 is 0 Å². The lowest BCUT2D eigenvalue weighted by molar-refractivity contribution is -0.140. The third kappa shape index (κ3) is 1.28. The fourth-order valence-electron chi connectivity index (χ4n) is 3.47. The van der Waals surface area contributed by atoms with E-state index in [1.807, 2.05) is 0 Å². The lowest BCUT2D eigenvalue weighted by Gasteiger charge is -2.61. The standard InChI is InChI=1S/C10H8Br4O2/c11-7-1-8(12)3-10(14,5(7)15)4-9(13,2-7)6(8)16/h1-4H2. The first kappa shape index (κ1) is 12.3. The van der Waals surface area contributed by atoms with E-state index in [1.165, 1.54) is 0 Å². The van der Waals surface area contributed by atoms with Crippen LogP contribution in [0.25, 0.3) is 0 Å². The molecule has 4 aliphatic rings. The maximum Gasteiger partial charge on any atom is 0.166 e. The van der Waals surface area contributed by atoms with E-state index < -0.39 is 17.3 Å². The van der Waals surface area contributed by atoms with Crippen LogP contribution < -0.4 is 0 Å². The summed E-state index contributed by atoms with van der Waals surface area (Å²) < 4.78 is -2.25. The topological polar surface area (TPSA) is 34.1 Å². The van der Waals surface area contributed by atoms with E-state index in [0.717, 1.165) is 0 Å². The number of Topliss-reactive ketones (excluding diaryl/α,β-unsaturated/α-hetero) is 2. The van der Waals surface area contributed by atoms with Crippen molar-refractivity contribution in [1.29, 1.82) is 0 Å². The van der Waals surface area contributed by atoms with Crippen LogP contribution in [0, 0.1) is 0 Å². The monoisotopic (exact) mass is 476 g/mol. The van der Waals surface area contributed by atoms with Crippen LogP contribution in [0.3, 0.4) is 0 Å². The SMILES string of the molecule is O=C1C2(Br)CC3(Br)CC1(Br)CC(Br)(C2)C3=O. The molecule has 0 saturated heterocycles. The van der Waals surface area contributed by atoms with Crippen LogP contribution in [0.2, 0.25) is 0 Å². The summed E-state index contributed by atoms with van der Waals surface area (Å²) in [6.07, 6.45) is 2.22. The Balaban J connectivity index is 2.23. The zero-order valence-corrected chi connectivity index (χ0v) is 14.5. The summed E-state index contributed by atoms with van der Waals surface area (Å²) >= 11 is 14.3. The molecule has 0 aliphatic heterocycles. The number of ketones is 2. The van der Waals surface area contributed by atoms with Gasteiger partial charge in [-0.3, -0.25) is 9.59 Å². The molecule has 0 heterocycles. The van der Waals surface area contributed by atoms with Crippen LogP contribution in [-0.2, 0) is 9.59 Å². The summed E-state index contributed by atoms with van der Waals surface area (Å²) in [6.45, 7) is 0. The molecule has 4 saturated carbocycles. The molecule has 0 radical (unpaired) electrons. The van der Waals surface area contributed by atoms with Crippen molar-refractivity contribution in [3.05, 3.63) is 0 Å². The predicted octanol–water partition coefficient (Wildman–Crippen LogP) is 3.26. The molecule has 4 fully saturated rings. The van der Waals surface area contributed by atoms with Gasteiger partial charge >= 0.3 is 0 Å². The molecule has 0 N–H and O–H groups in total. The molecule has 0 aromatic heterocycles. The molecule has 0 atom stereocenters. The Labute approximate surface area is 127 Å². The highest BCUT2D eigenvalue weighted by Gasteiger charge is 2.74. The Kier molecular flexibility index (Phi) is 2.34. The van der Waals surface area contributed by atoms with E-state index in [4.69, 9.17) is 0 Å². The number of carbonyl (C=O) groups is 2. The molecule has 16 heavy (non-hydrogen) atoms. The average molecular weight is 480 g/mol. The van der Waals surface area contributed by atoms with Crippen LogP contribution in [0.1, 0.15) is 25.7 Å². The average Bonchev–Trinajstić information content (AvgIpc) is 2.08. The Bertz CT molecular complexity index is 347. The summed E-state index contributed by atoms with van der Waals surface area (Å²) in [4.78, 5) is 24.7. The zero-order chi connectivity index (χ0) is 12.0. The van der Waals surface area contributed by atoms with Gasteiger partial charge in [0.05, 0.1) is 17.3 Å². The third-order valence-electron chi connectivity index (χ3n) is 3.87. The summed E-state index contributed by atoms with van der Waals surface area (Å²) in [6, 6.07) is 0. The van der Waals surface area contributed by atoms with Gasteiger partial charge in [-0.05, 0) is 25.7 Å². The van der Waals surface area contributed by atoms with Crippen LogP contribution in [0.4, 0.5) is 0 Å². The number of rotatable bonds is 0. The van der Waals surface area contributed by atoms with Crippen LogP contribution in [0.5, 0.6) is 0 Å². The Hall–Kier alpha value is 1.26. The van der Waals surface area contributed by atoms with Crippen LogP contribution in [-0.4, -0.2) is 28.9 Å². The van der Waals surface area contributed by atoms with Crippen molar-refractivity contribution in [3.8, 4) is 0 Å². The van der Waals surface area contributed by atoms with Crippen molar-refractivity contribution in [2.75, 3.05) is 0 Å². The van der Waals surface area contributed by atoms with Gasteiger partial charge in [0.1, 0.15) is 0 Å². The van der Waals surface area contributed by atoms with E-state index in [9.17, 15) is 9.59 Å². The normalized spacial score (nSPS) is 59.5. The molecule has 4 aliphatic carbocycles. The number of hydrogen-bond donors (Lipinski definition) is 0. The number of halogens is 4. The number of hydrogen-bond acceptors (Lipinski definition) is 2. The molecular weight excluding hydrogens is 472 g/mol. The molecule has 4 rings (SSSR count). The minimum Gasteiger partial charge on any atom is -0.297 e. The lowest BCUT2D eigenvalue weighted by atomic mass is 9.54. The van der Waals surface area contributed by atoms with Gasteiger partial charge in [-0.15, -0.1) is 0 Å². The smallest absolute Gasteiger partial charge is 0.166 e. The predicted molar refractivity (Wildman–Crippen MR) is 75.1 cm³/mol. The molecule has 0 amide bonds. The molecule has 6 heteroatoms. The second-order valence-corrected chi connectivity index (χ2v) is 11.3. The van der Waals surface area contributed by atoms with Gasteiger partial charge in [0.15, 0.2) is 11.6 Å². The fourth-order valence-corrected chi connectivity index (χ4v) is 10.9. The van der Waals surface area contributed by atoms with E-state index in [1.54, 1.807) is 0 Å². The quantitative estimate of drug-likeness (QED) is 0.500. The molecule has 0 spiro atoms. The Morgan fingerprint density at radius 2 is 0.812 bits per heavy atom. The zero-order valence-electron chi connectivity index (χ0n) is 8.16. The van der Waals surface area contributed by atoms with Crippen molar-refractivity contribution in [2.24, 2.45) is 0 Å². The maximum atomic E-state index is 12.4. The third-order valence-corrected chi connectivity index (χ3v) is 7.55. The van der Waals surface area contributed by atoms with Crippen molar-refractivity contribution in [1.82, 2.24) is 0 Å². The molecular formula is C10H8Br4O2. The summed E-state index contributed by atoms with van der Waals surface area (Å²) in [5, 5.41) is 0. The van der Waals surface area contributed by atoms with Crippen LogP contribution in [0.15, 0.2) is 0 Å². The minimum atomic E-state index is -0.562. The van der Waals surface area contributed by atoms with Crippen molar-refractivity contribution in [2.45, 2.75) is 43.0 Å². The van der Waals surface area contributed by atoms with Crippen molar-refractivity contribution >= 4 is 75.3 Å². The Morgan fingerprint density at radius 1 is 0.625 bits per heavy atom. The molecule has 4 bridgehead atoms. The van der Waals surface area contributed by atoms with E-state index in [2.05, 4.69) is 63.7 Å². The highest BCUT2D eigenvalue weighted by Crippen LogP contribution is 2.67. The first-order chi connectivity index (χ1) is 7.14. The van der Waals surface area contributed by atoms with Gasteiger partial charge in [0, 0.05) is 0 Å². The summed E-state index contributed by atoms with van der Waals surface area (Å²) in [5.41, 5.74) is 0. The fraction of sp³-hybridized carbons (Fsp3) is 0.800. The number of alkyl halides is 4. The lowest BCUT2D eigenvalue weighted by Crippen LogP contribution is -2.74. The highest BCUT2D eigenvalue weighted by atomic mass is 79.9. The molecule has 0 aromatic rings. The maximum absolute atomic E-state index is 12.4. The number of carbonyl (C=O) groups excluding carboxylic acids is 2. The second kappa shape index (κ2) is 3.05. The van der Waals surface area contributed by atoms with Crippen molar-refractivity contribution < 1.29 is 9.59 Å². The van der Waals surface area contributed by atoms with E-state index >= 15 is 0 Å². The van der Waals surface area contributed by atoms with Gasteiger partial charge in [0.2, 0.25) is 0 Å². The second-order valence-electron chi connectivity index (χ2n) is 5.23.